The van der Waals surface area contributed by atoms with Crippen molar-refractivity contribution in [2.45, 2.75) is 62.9 Å². The molecule has 1 unspecified atom stereocenters. The average molecular weight is 744 g/mol. The van der Waals surface area contributed by atoms with Crippen LogP contribution in [-0.4, -0.2) is 143 Å². The monoisotopic (exact) mass is 743 g/mol. The summed E-state index contributed by atoms with van der Waals surface area (Å²) >= 11 is 0. The van der Waals surface area contributed by atoms with Crippen LogP contribution in [0.4, 0.5) is 26.3 Å². The van der Waals surface area contributed by atoms with Crippen molar-refractivity contribution in [3.8, 4) is 0 Å². The summed E-state index contributed by atoms with van der Waals surface area (Å²) in [6.45, 7) is -11.3. The van der Waals surface area contributed by atoms with Gasteiger partial charge in [0, 0.05) is 13.1 Å². The minimum absolute atomic E-state index is 0.0458. The van der Waals surface area contributed by atoms with Gasteiger partial charge in [0.05, 0.1) is 52.2 Å². The van der Waals surface area contributed by atoms with E-state index in [9.17, 15) is 50.3 Å². The lowest BCUT2D eigenvalue weighted by Gasteiger charge is -2.28. The highest BCUT2D eigenvalue weighted by molar-refractivity contribution is 5.99. The number of hydrogen-bond donors (Lipinski definition) is 4. The first-order chi connectivity index (χ1) is 24.2. The molecule has 0 spiro atoms. The molecule has 2 fully saturated rings. The number of ether oxygens (including phenoxy) is 5. The fourth-order valence-electron chi connectivity index (χ4n) is 4.75. The summed E-state index contributed by atoms with van der Waals surface area (Å²) in [4.78, 5) is 67.2. The number of nitrogens with one attached hydrogen (secondary N) is 4. The van der Waals surface area contributed by atoms with Crippen LogP contribution in [0.1, 0.15) is 12.5 Å². The van der Waals surface area contributed by atoms with Gasteiger partial charge in [-0.3, -0.25) is 28.9 Å². The Bertz CT molecular complexity index is 1310. The van der Waals surface area contributed by atoms with Crippen LogP contribution < -0.4 is 21.3 Å². The Kier molecular flexibility index (Phi) is 16.5. The number of alkyl halides is 6. The zero-order valence-electron chi connectivity index (χ0n) is 27.3. The highest BCUT2D eigenvalue weighted by Gasteiger charge is 2.50. The lowest BCUT2D eigenvalue weighted by Crippen LogP contribution is -2.61. The van der Waals surface area contributed by atoms with E-state index < -0.39 is 98.8 Å². The van der Waals surface area contributed by atoms with Crippen molar-refractivity contribution >= 4 is 29.4 Å². The number of carbonyl (C=O) groups excluding carboxylic acids is 5. The van der Waals surface area contributed by atoms with E-state index in [1.807, 2.05) is 10.6 Å². The molecule has 0 saturated carbocycles. The maximum absolute atomic E-state index is 13.4. The largest absolute Gasteiger partial charge is 0.379 e. The number of amides is 4. The van der Waals surface area contributed by atoms with Gasteiger partial charge in [-0.1, -0.05) is 30.3 Å². The maximum Gasteiger partial charge on any atom is 0.345 e. The Morgan fingerprint density at radius 3 is 1.59 bits per heavy atom. The summed E-state index contributed by atoms with van der Waals surface area (Å²) in [6, 6.07) is 1.08. The van der Waals surface area contributed by atoms with Crippen molar-refractivity contribution in [2.24, 2.45) is 0 Å². The van der Waals surface area contributed by atoms with E-state index in [-0.39, 0.29) is 19.6 Å². The molecule has 286 valence electrons. The molecule has 0 aromatic heterocycles. The number of morpholine rings is 1. The second kappa shape index (κ2) is 20.2. The first-order valence-electron chi connectivity index (χ1n) is 15.6. The van der Waals surface area contributed by atoms with E-state index in [4.69, 9.17) is 9.47 Å². The summed E-state index contributed by atoms with van der Waals surface area (Å²) in [7, 11) is 0. The third-order valence-electron chi connectivity index (χ3n) is 7.57. The molecular weight excluding hydrogens is 704 g/mol. The van der Waals surface area contributed by atoms with Crippen LogP contribution in [0.2, 0.25) is 0 Å². The Balaban J connectivity index is 1.77. The Labute approximate surface area is 288 Å². The highest BCUT2D eigenvalue weighted by Crippen LogP contribution is 2.29. The number of nitrogens with zero attached hydrogens (tertiary/aromatic N) is 1. The molecule has 3 rings (SSSR count). The summed E-state index contributed by atoms with van der Waals surface area (Å²) in [5.41, 5.74) is -0.645. The second-order valence-corrected chi connectivity index (χ2v) is 11.5. The number of epoxide rings is 1. The Morgan fingerprint density at radius 1 is 0.725 bits per heavy atom. The zero-order chi connectivity index (χ0) is 37.6. The molecule has 21 heteroatoms. The van der Waals surface area contributed by atoms with Crippen LogP contribution >= 0.6 is 0 Å². The topological polar surface area (TPSA) is 186 Å². The standard InChI is InChI=1S/C30H39F6N5O10/c1-30(16-51-30)23(43)18(11-17-5-3-2-4-6-17)38-25(45)20(14-49-28(33)34)40-26(46)21(15-50-29(35)36)39-24(44)19(13-48-27(31)32)37-22(42)12-41-7-9-47-10-8-41/h2-6,18-21,27-29H,7-16H2,1H3,(H,37,42)(H,38,45)(H,39,44)(H,40,46)/t18-,19?,20-,21-,30+/m0/s1. The SMILES string of the molecule is C[C@]1(C(=O)[C@H](Cc2ccccc2)NC(=O)[C@H](COC(F)F)NC(=O)[C@H](COC(F)F)NC(=O)C(COC(F)F)NC(=O)CN2CCOCC2)CO1. The van der Waals surface area contributed by atoms with Gasteiger partial charge in [0.1, 0.15) is 23.7 Å². The van der Waals surface area contributed by atoms with Gasteiger partial charge in [0.25, 0.3) is 0 Å². The summed E-state index contributed by atoms with van der Waals surface area (Å²) in [6.07, 6.45) is -0.0685. The average Bonchev–Trinajstić information content (AvgIpc) is 3.84. The van der Waals surface area contributed by atoms with Crippen molar-refractivity contribution in [1.82, 2.24) is 26.2 Å². The molecular formula is C30H39F6N5O10. The third kappa shape index (κ3) is 14.7. The number of carbonyl (C=O) groups is 5. The third-order valence-corrected chi connectivity index (χ3v) is 7.57. The summed E-state index contributed by atoms with van der Waals surface area (Å²) in [5.74, 6) is -5.40. The molecule has 1 aromatic carbocycles. The highest BCUT2D eigenvalue weighted by atomic mass is 19.3. The second-order valence-electron chi connectivity index (χ2n) is 11.5. The van der Waals surface area contributed by atoms with Crippen LogP contribution in [0.15, 0.2) is 30.3 Å². The molecule has 4 amide bonds. The van der Waals surface area contributed by atoms with Gasteiger partial charge in [-0.2, -0.15) is 26.3 Å². The summed E-state index contributed by atoms with van der Waals surface area (Å²) < 4.78 is 101. The first kappa shape index (κ1) is 41.5. The van der Waals surface area contributed by atoms with E-state index in [0.29, 0.717) is 31.9 Å². The lowest BCUT2D eigenvalue weighted by molar-refractivity contribution is -0.156. The van der Waals surface area contributed by atoms with E-state index >= 15 is 0 Å². The number of halogens is 6. The fraction of sp³-hybridized carbons (Fsp3) is 0.633. The predicted molar refractivity (Wildman–Crippen MR) is 160 cm³/mol. The van der Waals surface area contributed by atoms with Gasteiger partial charge < -0.3 is 45.0 Å². The number of ketones is 1. The van der Waals surface area contributed by atoms with Crippen molar-refractivity contribution in [3.63, 3.8) is 0 Å². The molecule has 5 atom stereocenters. The molecule has 4 N–H and O–H groups in total. The van der Waals surface area contributed by atoms with E-state index in [1.54, 1.807) is 35.2 Å². The minimum Gasteiger partial charge on any atom is -0.379 e. The van der Waals surface area contributed by atoms with E-state index in [0.717, 1.165) is 0 Å². The van der Waals surface area contributed by atoms with Gasteiger partial charge >= 0.3 is 19.8 Å². The van der Waals surface area contributed by atoms with Gasteiger partial charge in [0.15, 0.2) is 5.78 Å². The maximum atomic E-state index is 13.4. The molecule has 0 aliphatic carbocycles. The molecule has 2 heterocycles. The first-order valence-corrected chi connectivity index (χ1v) is 15.6. The molecule has 2 saturated heterocycles. The number of Topliss-reactive ketones (excluding diaryl/α,β-unsaturated/α-hetero) is 1. The Hall–Kier alpha value is -3.89. The molecule has 0 bridgehead atoms. The molecule has 2 aliphatic rings. The van der Waals surface area contributed by atoms with Gasteiger partial charge in [0.2, 0.25) is 23.6 Å². The van der Waals surface area contributed by atoms with Crippen molar-refractivity contribution in [1.29, 1.82) is 0 Å². The van der Waals surface area contributed by atoms with Crippen LogP contribution in [0, 0.1) is 0 Å². The van der Waals surface area contributed by atoms with Crippen LogP contribution in [0.3, 0.4) is 0 Å². The van der Waals surface area contributed by atoms with Gasteiger partial charge in [-0.25, -0.2) is 0 Å². The lowest BCUT2D eigenvalue weighted by atomic mass is 9.94. The van der Waals surface area contributed by atoms with E-state index in [2.05, 4.69) is 24.8 Å². The van der Waals surface area contributed by atoms with E-state index in [1.165, 1.54) is 6.92 Å². The van der Waals surface area contributed by atoms with Crippen molar-refractivity contribution in [3.05, 3.63) is 35.9 Å². The fourth-order valence-corrected chi connectivity index (χ4v) is 4.75. The quantitative estimate of drug-likeness (QED) is 0.0893. The number of hydrogen-bond acceptors (Lipinski definition) is 11. The van der Waals surface area contributed by atoms with Gasteiger partial charge in [-0.05, 0) is 18.9 Å². The van der Waals surface area contributed by atoms with Crippen LogP contribution in [0.25, 0.3) is 0 Å². The normalized spacial score (nSPS) is 20.0. The Morgan fingerprint density at radius 2 is 1.16 bits per heavy atom. The molecule has 15 nitrogen and oxygen atoms in total. The minimum atomic E-state index is -3.49. The van der Waals surface area contributed by atoms with Crippen LogP contribution in [-0.2, 0) is 54.1 Å². The smallest absolute Gasteiger partial charge is 0.345 e. The zero-order valence-corrected chi connectivity index (χ0v) is 27.3. The van der Waals surface area contributed by atoms with Gasteiger partial charge in [-0.15, -0.1) is 0 Å². The number of rotatable bonds is 22. The number of benzene rings is 1. The molecule has 2 aliphatic heterocycles. The van der Waals surface area contributed by atoms with Crippen molar-refractivity contribution < 1.29 is 74.0 Å². The molecule has 1 aromatic rings. The van der Waals surface area contributed by atoms with Crippen molar-refractivity contribution in [2.75, 3.05) is 59.3 Å². The molecule has 51 heavy (non-hydrogen) atoms. The predicted octanol–water partition coefficient (Wildman–Crippen LogP) is -0.424. The molecule has 0 radical (unpaired) electrons. The van der Waals surface area contributed by atoms with Crippen LogP contribution in [0.5, 0.6) is 0 Å². The summed E-state index contributed by atoms with van der Waals surface area (Å²) in [5, 5.41) is 8.51.